The zero-order chi connectivity index (χ0) is 14.3. The van der Waals surface area contributed by atoms with Gasteiger partial charge >= 0.3 is 6.03 Å². The molecule has 2 fully saturated rings. The number of aliphatic imine (C=N–C) groups is 1. The number of rotatable bonds is 2. The van der Waals surface area contributed by atoms with Crippen LogP contribution in [-0.2, 0) is 9.59 Å². The fourth-order valence-corrected chi connectivity index (χ4v) is 2.81. The minimum atomic E-state index is -0.333. The Balaban J connectivity index is 2.05. The highest BCUT2D eigenvalue weighted by Crippen LogP contribution is 2.34. The predicted octanol–water partition coefficient (Wildman–Crippen LogP) is 1.89. The Morgan fingerprint density at radius 1 is 1.35 bits per heavy atom. The van der Waals surface area contributed by atoms with Crippen LogP contribution < -0.4 is 4.90 Å². The van der Waals surface area contributed by atoms with E-state index < -0.39 is 0 Å². The number of hydrogen-bond acceptors (Lipinski definition) is 4. The van der Waals surface area contributed by atoms with E-state index in [4.69, 9.17) is 0 Å². The Morgan fingerprint density at radius 3 is 2.85 bits per heavy atom. The Kier molecular flexibility index (Phi) is 2.88. The monoisotopic (exact) mass is 271 g/mol. The normalized spacial score (nSPS) is 21.1. The van der Waals surface area contributed by atoms with Crippen molar-refractivity contribution in [3.05, 3.63) is 23.8 Å². The van der Waals surface area contributed by atoms with Gasteiger partial charge in [-0.15, -0.1) is 0 Å². The molecule has 0 radical (unpaired) electrons. The number of imide groups is 1. The van der Waals surface area contributed by atoms with Crippen molar-refractivity contribution >= 4 is 29.4 Å². The second-order valence-corrected chi connectivity index (χ2v) is 4.98. The maximum absolute atomic E-state index is 12.4. The van der Waals surface area contributed by atoms with Crippen molar-refractivity contribution in [2.45, 2.75) is 25.8 Å². The van der Waals surface area contributed by atoms with E-state index in [0.29, 0.717) is 24.3 Å². The average Bonchev–Trinajstić information content (AvgIpc) is 2.98. The molecule has 0 bridgehead atoms. The van der Waals surface area contributed by atoms with Gasteiger partial charge in [0.15, 0.2) is 0 Å². The highest BCUT2D eigenvalue weighted by molar-refractivity contribution is 6.22. The summed E-state index contributed by atoms with van der Waals surface area (Å²) >= 11 is 0. The molecule has 6 heteroatoms. The van der Waals surface area contributed by atoms with Crippen LogP contribution in [0.3, 0.4) is 0 Å². The van der Waals surface area contributed by atoms with Crippen molar-refractivity contribution in [2.75, 3.05) is 11.4 Å². The molecule has 0 aromatic heterocycles. The van der Waals surface area contributed by atoms with Crippen LogP contribution in [0.4, 0.5) is 16.2 Å². The van der Waals surface area contributed by atoms with Gasteiger partial charge in [0.1, 0.15) is 6.04 Å². The lowest BCUT2D eigenvalue weighted by molar-refractivity contribution is -0.119. The van der Waals surface area contributed by atoms with Crippen LogP contribution in [-0.4, -0.2) is 35.5 Å². The van der Waals surface area contributed by atoms with Crippen molar-refractivity contribution in [1.29, 1.82) is 0 Å². The first kappa shape index (κ1) is 12.6. The number of hydrogen-bond donors (Lipinski definition) is 0. The number of nitrogens with zero attached hydrogens (tertiary/aromatic N) is 3. The zero-order valence-electron chi connectivity index (χ0n) is 11.0. The van der Waals surface area contributed by atoms with Gasteiger partial charge in [-0.2, -0.15) is 4.99 Å². The number of fused-ring (bicyclic) bond motifs is 1. The molecular weight excluding hydrogens is 258 g/mol. The summed E-state index contributed by atoms with van der Waals surface area (Å²) in [6.45, 7) is 2.44. The van der Waals surface area contributed by atoms with Crippen LogP contribution in [0.5, 0.6) is 0 Å². The number of carbonyl (C=O) groups excluding carboxylic acids is 3. The summed E-state index contributed by atoms with van der Waals surface area (Å²) in [5.41, 5.74) is 1.66. The van der Waals surface area contributed by atoms with Crippen LogP contribution in [0.25, 0.3) is 0 Å². The van der Waals surface area contributed by atoms with Gasteiger partial charge in [-0.3, -0.25) is 4.79 Å². The lowest BCUT2D eigenvalue weighted by atomic mass is 10.1. The third kappa shape index (κ3) is 1.73. The standard InChI is InChI=1S/C14H13N3O3/c1-9-4-5-10(15-8-18)7-12(9)17-13(19)11-3-2-6-16(11)14(17)20/h4-5,7,11H,2-3,6H2,1H3. The van der Waals surface area contributed by atoms with Gasteiger partial charge in [-0.25, -0.2) is 14.5 Å². The van der Waals surface area contributed by atoms with E-state index in [-0.39, 0.29) is 18.0 Å². The number of amides is 3. The number of carbonyl (C=O) groups is 2. The molecule has 0 spiro atoms. The van der Waals surface area contributed by atoms with Crippen molar-refractivity contribution < 1.29 is 14.4 Å². The molecule has 1 aromatic rings. The van der Waals surface area contributed by atoms with Gasteiger partial charge in [0.05, 0.1) is 11.4 Å². The first-order chi connectivity index (χ1) is 9.63. The number of anilines is 1. The minimum absolute atomic E-state index is 0.192. The number of isocyanates is 1. The second kappa shape index (κ2) is 4.58. The molecule has 2 aliphatic rings. The first-order valence-corrected chi connectivity index (χ1v) is 6.46. The molecule has 3 rings (SSSR count). The zero-order valence-corrected chi connectivity index (χ0v) is 11.0. The fraction of sp³-hybridized carbons (Fsp3) is 0.357. The summed E-state index contributed by atoms with van der Waals surface area (Å²) in [6, 6.07) is 4.33. The summed E-state index contributed by atoms with van der Waals surface area (Å²) in [5.74, 6) is -0.192. The number of urea groups is 1. The molecule has 0 aliphatic carbocycles. The van der Waals surface area contributed by atoms with Crippen molar-refractivity contribution in [2.24, 2.45) is 4.99 Å². The third-order valence-electron chi connectivity index (χ3n) is 3.80. The number of benzene rings is 1. The van der Waals surface area contributed by atoms with Crippen molar-refractivity contribution in [1.82, 2.24) is 4.90 Å². The summed E-state index contributed by atoms with van der Waals surface area (Å²) in [5, 5.41) is 0. The molecule has 6 nitrogen and oxygen atoms in total. The SMILES string of the molecule is Cc1ccc(N=C=O)cc1N1C(=O)C2CCCN2C1=O. The lowest BCUT2D eigenvalue weighted by Gasteiger charge is -2.17. The van der Waals surface area contributed by atoms with Gasteiger partial charge in [0.25, 0.3) is 5.91 Å². The van der Waals surface area contributed by atoms with Crippen LogP contribution in [0.15, 0.2) is 23.2 Å². The van der Waals surface area contributed by atoms with E-state index in [1.165, 1.54) is 11.0 Å². The topological polar surface area (TPSA) is 70.1 Å². The largest absolute Gasteiger partial charge is 0.332 e. The second-order valence-electron chi connectivity index (χ2n) is 4.98. The highest BCUT2D eigenvalue weighted by atomic mass is 16.2. The Hall–Kier alpha value is -2.46. The third-order valence-corrected chi connectivity index (χ3v) is 3.80. The Bertz CT molecular complexity index is 627. The van der Waals surface area contributed by atoms with Crippen LogP contribution >= 0.6 is 0 Å². The smallest absolute Gasteiger partial charge is 0.312 e. The Labute approximate surface area is 115 Å². The lowest BCUT2D eigenvalue weighted by Crippen LogP contribution is -2.33. The molecule has 1 unspecified atom stereocenters. The van der Waals surface area contributed by atoms with E-state index in [1.807, 2.05) is 6.92 Å². The molecule has 102 valence electrons. The van der Waals surface area contributed by atoms with E-state index in [0.717, 1.165) is 12.0 Å². The molecule has 2 heterocycles. The predicted molar refractivity (Wildman–Crippen MR) is 71.6 cm³/mol. The van der Waals surface area contributed by atoms with Gasteiger partial charge in [-0.1, -0.05) is 6.07 Å². The minimum Gasteiger partial charge on any atom is -0.312 e. The molecular formula is C14H13N3O3. The molecule has 2 saturated heterocycles. The summed E-state index contributed by atoms with van der Waals surface area (Å²) in [7, 11) is 0. The summed E-state index contributed by atoms with van der Waals surface area (Å²) in [4.78, 5) is 41.4. The van der Waals surface area contributed by atoms with E-state index >= 15 is 0 Å². The van der Waals surface area contributed by atoms with Crippen molar-refractivity contribution in [3.63, 3.8) is 0 Å². The van der Waals surface area contributed by atoms with E-state index in [9.17, 15) is 14.4 Å². The highest BCUT2D eigenvalue weighted by Gasteiger charge is 2.48. The molecule has 0 saturated carbocycles. The van der Waals surface area contributed by atoms with Crippen LogP contribution in [0.2, 0.25) is 0 Å². The van der Waals surface area contributed by atoms with E-state index in [2.05, 4.69) is 4.99 Å². The van der Waals surface area contributed by atoms with Crippen LogP contribution in [0.1, 0.15) is 18.4 Å². The maximum Gasteiger partial charge on any atom is 0.332 e. The van der Waals surface area contributed by atoms with Gasteiger partial charge in [-0.05, 0) is 37.5 Å². The quantitative estimate of drug-likeness (QED) is 0.468. The van der Waals surface area contributed by atoms with Gasteiger partial charge < -0.3 is 4.90 Å². The molecule has 0 N–H and O–H groups in total. The fourth-order valence-electron chi connectivity index (χ4n) is 2.81. The molecule has 3 amide bonds. The molecule has 1 atom stereocenters. The van der Waals surface area contributed by atoms with Gasteiger partial charge in [0, 0.05) is 6.54 Å². The summed E-state index contributed by atoms with van der Waals surface area (Å²) in [6.07, 6.45) is 3.04. The number of aryl methyl sites for hydroxylation is 1. The molecule has 20 heavy (non-hydrogen) atoms. The van der Waals surface area contributed by atoms with E-state index in [1.54, 1.807) is 23.1 Å². The summed E-state index contributed by atoms with van der Waals surface area (Å²) < 4.78 is 0. The van der Waals surface area contributed by atoms with Gasteiger partial charge in [0.2, 0.25) is 6.08 Å². The molecule has 2 aliphatic heterocycles. The first-order valence-electron chi connectivity index (χ1n) is 6.46. The average molecular weight is 271 g/mol. The Morgan fingerprint density at radius 2 is 2.15 bits per heavy atom. The van der Waals surface area contributed by atoms with Crippen LogP contribution in [0, 0.1) is 6.92 Å². The van der Waals surface area contributed by atoms with Crippen molar-refractivity contribution in [3.8, 4) is 0 Å². The molecule has 1 aromatic carbocycles. The maximum atomic E-state index is 12.4.